The Morgan fingerprint density at radius 2 is 2.00 bits per heavy atom. The van der Waals surface area contributed by atoms with E-state index in [1.54, 1.807) is 6.21 Å². The number of benzene rings is 1. The summed E-state index contributed by atoms with van der Waals surface area (Å²) in [5.74, 6) is 0. The van der Waals surface area contributed by atoms with Crippen LogP contribution in [0.15, 0.2) is 30.3 Å². The average Bonchev–Trinajstić information content (AvgIpc) is 2.06. The van der Waals surface area contributed by atoms with Gasteiger partial charge >= 0.3 is 0 Å². The SMILES string of the molecule is CC/C=[N+](/[O-])Cc1ccccc1. The van der Waals surface area contributed by atoms with E-state index in [2.05, 4.69) is 0 Å². The Balaban J connectivity index is 2.58. The van der Waals surface area contributed by atoms with Gasteiger partial charge in [0.25, 0.3) is 0 Å². The van der Waals surface area contributed by atoms with Crippen molar-refractivity contribution in [3.63, 3.8) is 0 Å². The van der Waals surface area contributed by atoms with E-state index in [4.69, 9.17) is 0 Å². The Morgan fingerprint density at radius 1 is 1.33 bits per heavy atom. The molecule has 0 radical (unpaired) electrons. The lowest BCUT2D eigenvalue weighted by Gasteiger charge is -2.02. The van der Waals surface area contributed by atoms with Crippen LogP contribution in [0, 0.1) is 5.21 Å². The van der Waals surface area contributed by atoms with Crippen LogP contribution in [0.5, 0.6) is 0 Å². The highest BCUT2D eigenvalue weighted by molar-refractivity contribution is 5.50. The first kappa shape index (κ1) is 8.78. The smallest absolute Gasteiger partial charge is 0.178 e. The molecule has 0 aliphatic carbocycles. The number of hydrogen-bond acceptors (Lipinski definition) is 1. The molecule has 64 valence electrons. The van der Waals surface area contributed by atoms with Crippen LogP contribution in [0.4, 0.5) is 0 Å². The second-order valence-electron chi connectivity index (χ2n) is 2.65. The van der Waals surface area contributed by atoms with E-state index in [0.717, 1.165) is 16.7 Å². The minimum atomic E-state index is 0.453. The van der Waals surface area contributed by atoms with E-state index < -0.39 is 0 Å². The highest BCUT2D eigenvalue weighted by atomic mass is 16.5. The van der Waals surface area contributed by atoms with Gasteiger partial charge in [-0.15, -0.1) is 0 Å². The van der Waals surface area contributed by atoms with Crippen LogP contribution in [0.25, 0.3) is 0 Å². The number of nitrogens with zero attached hydrogens (tertiary/aromatic N) is 1. The van der Waals surface area contributed by atoms with Gasteiger partial charge in [-0.3, -0.25) is 0 Å². The van der Waals surface area contributed by atoms with E-state index in [1.165, 1.54) is 0 Å². The third kappa shape index (κ3) is 2.74. The van der Waals surface area contributed by atoms with Gasteiger partial charge in [-0.2, -0.15) is 0 Å². The quantitative estimate of drug-likeness (QED) is 0.290. The molecular weight excluding hydrogens is 150 g/mol. The van der Waals surface area contributed by atoms with Crippen molar-refractivity contribution in [2.45, 2.75) is 19.9 Å². The van der Waals surface area contributed by atoms with Gasteiger partial charge in [0.2, 0.25) is 0 Å². The van der Waals surface area contributed by atoms with Crippen LogP contribution in [0.2, 0.25) is 0 Å². The first-order valence-corrected chi connectivity index (χ1v) is 4.14. The van der Waals surface area contributed by atoms with Crippen molar-refractivity contribution >= 4 is 6.21 Å². The minimum absolute atomic E-state index is 0.453. The zero-order valence-electron chi connectivity index (χ0n) is 7.23. The molecule has 0 aromatic heterocycles. The summed E-state index contributed by atoms with van der Waals surface area (Å²) < 4.78 is 0.968. The Labute approximate surface area is 72.7 Å². The molecule has 0 fully saturated rings. The van der Waals surface area contributed by atoms with E-state index in [0.29, 0.717) is 6.54 Å². The van der Waals surface area contributed by atoms with Gasteiger partial charge < -0.3 is 5.21 Å². The number of hydrogen-bond donors (Lipinski definition) is 0. The first-order valence-electron chi connectivity index (χ1n) is 4.14. The molecule has 0 bridgehead atoms. The lowest BCUT2D eigenvalue weighted by molar-refractivity contribution is -0.471. The molecule has 0 amide bonds. The van der Waals surface area contributed by atoms with Crippen LogP contribution < -0.4 is 0 Å². The molecule has 1 aromatic carbocycles. The summed E-state index contributed by atoms with van der Waals surface area (Å²) >= 11 is 0. The molecular formula is C10H13NO. The molecule has 1 rings (SSSR count). The van der Waals surface area contributed by atoms with Crippen molar-refractivity contribution in [3.05, 3.63) is 41.1 Å². The molecule has 0 heterocycles. The molecule has 0 atom stereocenters. The van der Waals surface area contributed by atoms with Gasteiger partial charge in [-0.05, 0) is 0 Å². The fourth-order valence-electron chi connectivity index (χ4n) is 1.03. The van der Waals surface area contributed by atoms with Gasteiger partial charge in [0.1, 0.15) is 0 Å². The third-order valence-corrected chi connectivity index (χ3v) is 1.57. The van der Waals surface area contributed by atoms with Crippen LogP contribution >= 0.6 is 0 Å². The monoisotopic (exact) mass is 163 g/mol. The lowest BCUT2D eigenvalue weighted by atomic mass is 10.2. The van der Waals surface area contributed by atoms with Crippen molar-refractivity contribution in [1.29, 1.82) is 0 Å². The molecule has 2 nitrogen and oxygen atoms in total. The van der Waals surface area contributed by atoms with Gasteiger partial charge in [-0.1, -0.05) is 37.3 Å². The maximum absolute atomic E-state index is 11.1. The second-order valence-corrected chi connectivity index (χ2v) is 2.65. The summed E-state index contributed by atoms with van der Waals surface area (Å²) in [4.78, 5) is 0. The molecule has 0 spiro atoms. The van der Waals surface area contributed by atoms with Crippen molar-refractivity contribution in [3.8, 4) is 0 Å². The van der Waals surface area contributed by atoms with Crippen molar-refractivity contribution in [1.82, 2.24) is 0 Å². The molecule has 0 unspecified atom stereocenters. The lowest BCUT2D eigenvalue weighted by Crippen LogP contribution is -2.03. The fraction of sp³-hybridized carbons (Fsp3) is 0.300. The van der Waals surface area contributed by atoms with Gasteiger partial charge in [0.05, 0.1) is 0 Å². The Bertz CT molecular complexity index is 254. The molecule has 1 aromatic rings. The number of hydroxylamine groups is 1. The minimum Gasteiger partial charge on any atom is -0.624 e. The molecule has 0 saturated heterocycles. The topological polar surface area (TPSA) is 26.1 Å². The van der Waals surface area contributed by atoms with Gasteiger partial charge in [0, 0.05) is 12.0 Å². The predicted octanol–water partition coefficient (Wildman–Crippen LogP) is 2.18. The molecule has 0 N–H and O–H groups in total. The Kier molecular flexibility index (Phi) is 3.33. The summed E-state index contributed by atoms with van der Waals surface area (Å²) in [6.07, 6.45) is 2.43. The second kappa shape index (κ2) is 4.54. The summed E-state index contributed by atoms with van der Waals surface area (Å²) in [6.45, 7) is 2.41. The summed E-state index contributed by atoms with van der Waals surface area (Å²) in [5, 5.41) is 11.1. The zero-order valence-corrected chi connectivity index (χ0v) is 7.23. The molecule has 2 heteroatoms. The van der Waals surface area contributed by atoms with Crippen molar-refractivity contribution in [2.75, 3.05) is 0 Å². The summed E-state index contributed by atoms with van der Waals surface area (Å²) in [5.41, 5.74) is 1.05. The standard InChI is InChI=1S/C10H13NO/c1-2-8-11(12)9-10-6-4-3-5-7-10/h3-8H,2,9H2,1H3/b11-8+. The summed E-state index contributed by atoms with van der Waals surface area (Å²) in [7, 11) is 0. The maximum atomic E-state index is 11.1. The highest BCUT2D eigenvalue weighted by Crippen LogP contribution is 1.99. The molecule has 0 aliphatic rings. The van der Waals surface area contributed by atoms with Crippen LogP contribution in [-0.4, -0.2) is 11.0 Å². The predicted molar refractivity (Wildman–Crippen MR) is 50.1 cm³/mol. The molecule has 12 heavy (non-hydrogen) atoms. The van der Waals surface area contributed by atoms with Crippen molar-refractivity contribution in [2.24, 2.45) is 0 Å². The van der Waals surface area contributed by atoms with Gasteiger partial charge in [0.15, 0.2) is 12.8 Å². The van der Waals surface area contributed by atoms with Crippen molar-refractivity contribution < 1.29 is 4.74 Å². The van der Waals surface area contributed by atoms with Gasteiger partial charge in [-0.25, -0.2) is 4.74 Å². The maximum Gasteiger partial charge on any atom is 0.178 e. The normalized spacial score (nSPS) is 11.6. The first-order chi connectivity index (χ1) is 5.83. The Hall–Kier alpha value is -1.31. The van der Waals surface area contributed by atoms with E-state index in [1.807, 2.05) is 37.3 Å². The van der Waals surface area contributed by atoms with E-state index >= 15 is 0 Å². The highest BCUT2D eigenvalue weighted by Gasteiger charge is 1.94. The number of rotatable bonds is 3. The zero-order chi connectivity index (χ0) is 8.81. The molecule has 0 saturated carbocycles. The summed E-state index contributed by atoms with van der Waals surface area (Å²) in [6, 6.07) is 9.73. The molecule has 0 aliphatic heterocycles. The third-order valence-electron chi connectivity index (χ3n) is 1.57. The van der Waals surface area contributed by atoms with E-state index in [-0.39, 0.29) is 0 Å². The average molecular weight is 163 g/mol. The largest absolute Gasteiger partial charge is 0.624 e. The van der Waals surface area contributed by atoms with Crippen LogP contribution in [0.3, 0.4) is 0 Å². The van der Waals surface area contributed by atoms with E-state index in [9.17, 15) is 5.21 Å². The van der Waals surface area contributed by atoms with Crippen LogP contribution in [-0.2, 0) is 6.54 Å². The Morgan fingerprint density at radius 3 is 2.58 bits per heavy atom. The van der Waals surface area contributed by atoms with Crippen LogP contribution in [0.1, 0.15) is 18.9 Å². The fourth-order valence-corrected chi connectivity index (χ4v) is 1.03.